The van der Waals surface area contributed by atoms with Gasteiger partial charge in [0.1, 0.15) is 0 Å². The fourth-order valence-electron chi connectivity index (χ4n) is 0.984. The minimum absolute atomic E-state index is 0.237. The van der Waals surface area contributed by atoms with Gasteiger partial charge in [-0.15, -0.1) is 0 Å². The Hall–Kier alpha value is 0.450. The predicted octanol–water partition coefficient (Wildman–Crippen LogP) is 4.29. The molecular formula is C8H17OPS. The smallest absolute Gasteiger partial charge is 0.226 e. The van der Waals surface area contributed by atoms with E-state index in [-0.39, 0.29) is 7.66 Å². The molecule has 0 aromatic heterocycles. The van der Waals surface area contributed by atoms with Gasteiger partial charge in [-0.05, 0) is 6.42 Å². The van der Waals surface area contributed by atoms with Crippen molar-refractivity contribution in [2.45, 2.75) is 45.4 Å². The van der Waals surface area contributed by atoms with Crippen LogP contribution in [0.5, 0.6) is 0 Å². The van der Waals surface area contributed by atoms with E-state index in [4.69, 9.17) is 0 Å². The Labute approximate surface area is 75.3 Å². The van der Waals surface area contributed by atoms with E-state index in [2.05, 4.69) is 6.92 Å². The molecule has 66 valence electrons. The molecule has 0 unspecified atom stereocenters. The molecule has 0 spiro atoms. The second kappa shape index (κ2) is 10.4. The molecule has 0 heterocycles. The zero-order valence-corrected chi connectivity index (χ0v) is 8.92. The highest BCUT2D eigenvalue weighted by molar-refractivity contribution is 8.45. The molecule has 11 heavy (non-hydrogen) atoms. The van der Waals surface area contributed by atoms with Crippen LogP contribution < -0.4 is 0 Å². The highest BCUT2D eigenvalue weighted by Gasteiger charge is 1.89. The summed E-state index contributed by atoms with van der Waals surface area (Å²) in [4.78, 5) is 0. The van der Waals surface area contributed by atoms with Gasteiger partial charge in [0.15, 0.2) is 0 Å². The first-order chi connectivity index (χ1) is 5.41. The molecule has 0 rings (SSSR count). The number of unbranched alkanes of at least 4 members (excludes halogenated alkanes) is 5. The average Bonchev–Trinajstić information content (AvgIpc) is 2.03. The third kappa shape index (κ3) is 10.4. The fraction of sp³-hybridized carbons (Fsp3) is 1.00. The summed E-state index contributed by atoms with van der Waals surface area (Å²) >= 11 is 1.49. The topological polar surface area (TPSA) is 17.1 Å². The van der Waals surface area contributed by atoms with E-state index < -0.39 is 0 Å². The van der Waals surface area contributed by atoms with Gasteiger partial charge in [0.05, 0.1) is 0 Å². The number of hydrogen-bond donors (Lipinski definition) is 0. The SMILES string of the molecule is CCCCCCCCSP=O. The number of rotatable bonds is 8. The van der Waals surface area contributed by atoms with Crippen molar-refractivity contribution in [2.24, 2.45) is 0 Å². The van der Waals surface area contributed by atoms with Gasteiger partial charge in [-0.1, -0.05) is 50.4 Å². The van der Waals surface area contributed by atoms with Gasteiger partial charge in [-0.25, -0.2) is 0 Å². The molecule has 0 aliphatic rings. The monoisotopic (exact) mass is 192 g/mol. The predicted molar refractivity (Wildman–Crippen MR) is 53.4 cm³/mol. The van der Waals surface area contributed by atoms with Crippen LogP contribution in [0.4, 0.5) is 0 Å². The second-order valence-corrected chi connectivity index (χ2v) is 4.71. The lowest BCUT2D eigenvalue weighted by atomic mass is 10.1. The van der Waals surface area contributed by atoms with Crippen LogP contribution in [0, 0.1) is 0 Å². The normalized spacial score (nSPS) is 10.6. The molecule has 0 N–H and O–H groups in total. The Kier molecular flexibility index (Phi) is 10.9. The van der Waals surface area contributed by atoms with Gasteiger partial charge in [0, 0.05) is 5.75 Å². The van der Waals surface area contributed by atoms with E-state index in [9.17, 15) is 4.57 Å². The molecular weight excluding hydrogens is 175 g/mol. The van der Waals surface area contributed by atoms with Crippen LogP contribution in [-0.4, -0.2) is 5.75 Å². The van der Waals surface area contributed by atoms with Crippen LogP contribution in [-0.2, 0) is 4.57 Å². The number of hydrogen-bond acceptors (Lipinski definition) is 2. The molecule has 0 aliphatic carbocycles. The second-order valence-electron chi connectivity index (χ2n) is 2.68. The van der Waals surface area contributed by atoms with Crippen LogP contribution in [0.15, 0.2) is 0 Å². The van der Waals surface area contributed by atoms with Crippen molar-refractivity contribution in [2.75, 3.05) is 5.75 Å². The Morgan fingerprint density at radius 3 is 2.36 bits per heavy atom. The van der Waals surface area contributed by atoms with E-state index in [1.54, 1.807) is 0 Å². The molecule has 0 bridgehead atoms. The summed E-state index contributed by atoms with van der Waals surface area (Å²) < 4.78 is 10.0. The molecule has 0 saturated heterocycles. The lowest BCUT2D eigenvalue weighted by Gasteiger charge is -1.96. The maximum atomic E-state index is 10.0. The molecule has 0 aromatic rings. The van der Waals surface area contributed by atoms with Crippen molar-refractivity contribution in [1.82, 2.24) is 0 Å². The zero-order chi connectivity index (χ0) is 8.36. The highest BCUT2D eigenvalue weighted by atomic mass is 32.7. The van der Waals surface area contributed by atoms with Crippen molar-refractivity contribution >= 4 is 19.0 Å². The van der Waals surface area contributed by atoms with Crippen molar-refractivity contribution in [3.63, 3.8) is 0 Å². The maximum absolute atomic E-state index is 10.0. The Morgan fingerprint density at radius 1 is 1.09 bits per heavy atom. The average molecular weight is 192 g/mol. The van der Waals surface area contributed by atoms with Crippen LogP contribution in [0.3, 0.4) is 0 Å². The van der Waals surface area contributed by atoms with Gasteiger partial charge < -0.3 is 0 Å². The summed E-state index contributed by atoms with van der Waals surface area (Å²) in [6, 6.07) is 0. The van der Waals surface area contributed by atoms with Crippen molar-refractivity contribution < 1.29 is 4.57 Å². The first-order valence-electron chi connectivity index (χ1n) is 4.36. The van der Waals surface area contributed by atoms with Crippen molar-refractivity contribution in [3.05, 3.63) is 0 Å². The molecule has 0 atom stereocenters. The standard InChI is InChI=1S/C8H17OPS/c1-2-3-4-5-6-7-8-11-10-9/h2-8H2,1H3. The molecule has 1 nitrogen and oxygen atoms in total. The lowest BCUT2D eigenvalue weighted by Crippen LogP contribution is -1.79. The Morgan fingerprint density at radius 2 is 1.73 bits per heavy atom. The quantitative estimate of drug-likeness (QED) is 0.421. The molecule has 0 saturated carbocycles. The lowest BCUT2D eigenvalue weighted by molar-refractivity contribution is 0.605. The van der Waals surface area contributed by atoms with Gasteiger partial charge in [0.2, 0.25) is 7.66 Å². The van der Waals surface area contributed by atoms with Crippen LogP contribution in [0.2, 0.25) is 0 Å². The minimum atomic E-state index is 0.237. The van der Waals surface area contributed by atoms with Crippen LogP contribution in [0.1, 0.15) is 45.4 Å². The zero-order valence-electron chi connectivity index (χ0n) is 7.21. The Bertz CT molecular complexity index is 88.2. The van der Waals surface area contributed by atoms with E-state index in [0.29, 0.717) is 0 Å². The third-order valence-electron chi connectivity index (χ3n) is 1.64. The Balaban J connectivity index is 2.74. The molecule has 0 fully saturated rings. The molecule has 0 radical (unpaired) electrons. The third-order valence-corrected chi connectivity index (χ3v) is 3.08. The summed E-state index contributed by atoms with van der Waals surface area (Å²) in [5.74, 6) is 1.05. The first kappa shape index (κ1) is 11.4. The summed E-state index contributed by atoms with van der Waals surface area (Å²) in [7, 11) is 0.237. The van der Waals surface area contributed by atoms with E-state index in [0.717, 1.165) is 5.75 Å². The van der Waals surface area contributed by atoms with Gasteiger partial charge >= 0.3 is 0 Å². The summed E-state index contributed by atoms with van der Waals surface area (Å²) in [6.07, 6.45) is 7.94. The van der Waals surface area contributed by atoms with Crippen LogP contribution in [0.25, 0.3) is 0 Å². The van der Waals surface area contributed by atoms with Gasteiger partial charge in [-0.2, -0.15) is 0 Å². The maximum Gasteiger partial charge on any atom is 0.226 e. The molecule has 0 aromatic carbocycles. The summed E-state index contributed by atoms with van der Waals surface area (Å²) in [6.45, 7) is 2.23. The highest BCUT2D eigenvalue weighted by Crippen LogP contribution is 2.19. The van der Waals surface area contributed by atoms with Crippen molar-refractivity contribution in [1.29, 1.82) is 0 Å². The fourth-order valence-corrected chi connectivity index (χ4v) is 2.00. The molecule has 3 heteroatoms. The van der Waals surface area contributed by atoms with Crippen molar-refractivity contribution in [3.8, 4) is 0 Å². The van der Waals surface area contributed by atoms with E-state index in [1.807, 2.05) is 0 Å². The molecule has 0 amide bonds. The largest absolute Gasteiger partial charge is 0.262 e. The first-order valence-corrected chi connectivity index (χ1v) is 6.76. The molecule has 0 aliphatic heterocycles. The minimum Gasteiger partial charge on any atom is -0.262 e. The van der Waals surface area contributed by atoms with Gasteiger partial charge in [-0.3, -0.25) is 4.57 Å². The van der Waals surface area contributed by atoms with E-state index >= 15 is 0 Å². The van der Waals surface area contributed by atoms with E-state index in [1.165, 1.54) is 49.9 Å². The summed E-state index contributed by atoms with van der Waals surface area (Å²) in [5.41, 5.74) is 0. The van der Waals surface area contributed by atoms with Gasteiger partial charge in [0.25, 0.3) is 0 Å². The summed E-state index contributed by atoms with van der Waals surface area (Å²) in [5, 5.41) is 0. The van der Waals surface area contributed by atoms with Crippen LogP contribution >= 0.6 is 19.0 Å².